The molecule has 0 radical (unpaired) electrons. The van der Waals surface area contributed by atoms with Crippen molar-refractivity contribution in [1.82, 2.24) is 5.32 Å². The summed E-state index contributed by atoms with van der Waals surface area (Å²) in [6.45, 7) is 0.631. The van der Waals surface area contributed by atoms with Gasteiger partial charge in [-0.05, 0) is 30.5 Å². The molecule has 2 nitrogen and oxygen atoms in total. The van der Waals surface area contributed by atoms with E-state index in [4.69, 9.17) is 0 Å². The minimum Gasteiger partial charge on any atom is -0.359 e. The van der Waals surface area contributed by atoms with Gasteiger partial charge in [0.15, 0.2) is 5.17 Å². The number of nitrogens with one attached hydrogen (secondary N) is 1. The molecule has 1 aliphatic carbocycles. The van der Waals surface area contributed by atoms with Crippen LogP contribution in [0.15, 0.2) is 29.3 Å². The number of benzene rings is 1. The Bertz CT molecular complexity index is 464. The number of hydrogen-bond donors (Lipinski definition) is 1. The molecule has 1 heterocycles. The zero-order valence-electron chi connectivity index (χ0n) is 11.0. The van der Waals surface area contributed by atoms with E-state index in [2.05, 4.69) is 10.3 Å². The lowest BCUT2D eigenvalue weighted by atomic mass is 9.83. The number of thioether (sulfide) groups is 1. The minimum atomic E-state index is -0.189. The van der Waals surface area contributed by atoms with Crippen LogP contribution in [0, 0.1) is 5.82 Å². The summed E-state index contributed by atoms with van der Waals surface area (Å²) in [6.07, 6.45) is 6.58. The average molecular weight is 278 g/mol. The SMILES string of the molecule is Fc1ccc(CN=C2NC3(CCCCC3)CS2)cc1. The van der Waals surface area contributed by atoms with Gasteiger partial charge < -0.3 is 5.32 Å². The van der Waals surface area contributed by atoms with Gasteiger partial charge in [-0.3, -0.25) is 4.99 Å². The van der Waals surface area contributed by atoms with Crippen LogP contribution >= 0.6 is 11.8 Å². The molecule has 2 aliphatic rings. The van der Waals surface area contributed by atoms with Crippen LogP contribution in [0.2, 0.25) is 0 Å². The van der Waals surface area contributed by atoms with Gasteiger partial charge >= 0.3 is 0 Å². The van der Waals surface area contributed by atoms with Crippen LogP contribution in [0.1, 0.15) is 37.7 Å². The number of hydrogen-bond acceptors (Lipinski definition) is 2. The van der Waals surface area contributed by atoms with Gasteiger partial charge in [-0.15, -0.1) is 0 Å². The molecule has 4 heteroatoms. The van der Waals surface area contributed by atoms with Gasteiger partial charge in [0.2, 0.25) is 0 Å². The van der Waals surface area contributed by atoms with Crippen molar-refractivity contribution < 1.29 is 4.39 Å². The summed E-state index contributed by atoms with van der Waals surface area (Å²) >= 11 is 1.83. The van der Waals surface area contributed by atoms with Crippen LogP contribution in [0.4, 0.5) is 4.39 Å². The van der Waals surface area contributed by atoms with Crippen LogP contribution in [0.3, 0.4) is 0 Å². The second-order valence-electron chi connectivity index (χ2n) is 5.50. The first kappa shape index (κ1) is 13.0. The Labute approximate surface area is 117 Å². The normalized spacial score (nSPS) is 23.7. The molecule has 0 amide bonds. The highest BCUT2D eigenvalue weighted by Gasteiger charge is 2.37. The van der Waals surface area contributed by atoms with Crippen molar-refractivity contribution >= 4 is 16.9 Å². The zero-order valence-corrected chi connectivity index (χ0v) is 11.8. The van der Waals surface area contributed by atoms with Crippen molar-refractivity contribution in [1.29, 1.82) is 0 Å². The molecular formula is C15H19FN2S. The number of aliphatic imine (C=N–C) groups is 1. The summed E-state index contributed by atoms with van der Waals surface area (Å²) in [4.78, 5) is 4.62. The van der Waals surface area contributed by atoms with Crippen molar-refractivity contribution in [3.63, 3.8) is 0 Å². The first-order valence-electron chi connectivity index (χ1n) is 6.96. The van der Waals surface area contributed by atoms with E-state index in [1.54, 1.807) is 12.1 Å². The van der Waals surface area contributed by atoms with Crippen molar-refractivity contribution in [3.8, 4) is 0 Å². The highest BCUT2D eigenvalue weighted by Crippen LogP contribution is 2.36. The van der Waals surface area contributed by atoms with Gasteiger partial charge in [-0.1, -0.05) is 43.2 Å². The van der Waals surface area contributed by atoms with Crippen LogP contribution in [0.25, 0.3) is 0 Å². The summed E-state index contributed by atoms with van der Waals surface area (Å²) in [5.41, 5.74) is 1.37. The highest BCUT2D eigenvalue weighted by molar-refractivity contribution is 8.14. The lowest BCUT2D eigenvalue weighted by molar-refractivity contribution is 0.303. The van der Waals surface area contributed by atoms with E-state index in [0.717, 1.165) is 16.5 Å². The molecular weight excluding hydrogens is 259 g/mol. The van der Waals surface area contributed by atoms with E-state index in [1.807, 2.05) is 11.8 Å². The summed E-state index contributed by atoms with van der Waals surface area (Å²) in [6, 6.07) is 6.59. The fourth-order valence-corrected chi connectivity index (χ4v) is 4.06. The number of nitrogens with zero attached hydrogens (tertiary/aromatic N) is 1. The zero-order chi connectivity index (χ0) is 13.1. The van der Waals surface area contributed by atoms with Gasteiger partial charge in [-0.25, -0.2) is 4.39 Å². The fraction of sp³-hybridized carbons (Fsp3) is 0.533. The maximum atomic E-state index is 12.8. The molecule has 1 N–H and O–H groups in total. The van der Waals surface area contributed by atoms with Gasteiger partial charge in [0, 0.05) is 11.3 Å². The summed E-state index contributed by atoms with van der Waals surface area (Å²) in [5, 5.41) is 4.69. The Morgan fingerprint density at radius 3 is 2.63 bits per heavy atom. The van der Waals surface area contributed by atoms with Crippen LogP contribution in [-0.2, 0) is 6.54 Å². The molecule has 1 aromatic rings. The monoisotopic (exact) mass is 278 g/mol. The molecule has 102 valence electrons. The van der Waals surface area contributed by atoms with Crippen LogP contribution in [-0.4, -0.2) is 16.5 Å². The van der Waals surface area contributed by atoms with Gasteiger partial charge in [0.25, 0.3) is 0 Å². The van der Waals surface area contributed by atoms with Crippen molar-refractivity contribution in [2.75, 3.05) is 5.75 Å². The summed E-state index contributed by atoms with van der Waals surface area (Å²) in [7, 11) is 0. The Hall–Kier alpha value is -1.03. The Balaban J connectivity index is 1.61. The number of amidine groups is 1. The molecule has 2 fully saturated rings. The first-order chi connectivity index (χ1) is 9.26. The maximum absolute atomic E-state index is 12.8. The summed E-state index contributed by atoms with van der Waals surface area (Å²) < 4.78 is 12.8. The highest BCUT2D eigenvalue weighted by atomic mass is 32.2. The van der Waals surface area contributed by atoms with E-state index >= 15 is 0 Å². The lowest BCUT2D eigenvalue weighted by Crippen LogP contribution is -2.45. The minimum absolute atomic E-state index is 0.189. The number of rotatable bonds is 2. The van der Waals surface area contributed by atoms with Crippen LogP contribution < -0.4 is 5.32 Å². The topological polar surface area (TPSA) is 24.4 Å². The maximum Gasteiger partial charge on any atom is 0.157 e. The average Bonchev–Trinajstić information content (AvgIpc) is 2.82. The van der Waals surface area contributed by atoms with E-state index in [9.17, 15) is 4.39 Å². The molecule has 3 rings (SSSR count). The molecule has 1 aromatic carbocycles. The predicted molar refractivity (Wildman–Crippen MR) is 78.9 cm³/mol. The Morgan fingerprint density at radius 2 is 1.89 bits per heavy atom. The van der Waals surface area contributed by atoms with E-state index in [-0.39, 0.29) is 5.82 Å². The standard InChI is InChI=1S/C15H19FN2S/c16-13-6-4-12(5-7-13)10-17-14-18-15(11-19-14)8-2-1-3-9-15/h4-7H,1-3,8-11H2,(H,17,18). The smallest absolute Gasteiger partial charge is 0.157 e. The molecule has 19 heavy (non-hydrogen) atoms. The van der Waals surface area contributed by atoms with Crippen molar-refractivity contribution in [2.24, 2.45) is 4.99 Å². The van der Waals surface area contributed by atoms with E-state index in [1.165, 1.54) is 44.2 Å². The quantitative estimate of drug-likeness (QED) is 0.891. The second kappa shape index (κ2) is 5.53. The predicted octanol–water partition coefficient (Wildman–Crippen LogP) is 3.72. The third-order valence-electron chi connectivity index (χ3n) is 3.99. The van der Waals surface area contributed by atoms with Crippen molar-refractivity contribution in [2.45, 2.75) is 44.2 Å². The van der Waals surface area contributed by atoms with Crippen LogP contribution in [0.5, 0.6) is 0 Å². The summed E-state index contributed by atoms with van der Waals surface area (Å²) in [5.74, 6) is 0.959. The van der Waals surface area contributed by atoms with Gasteiger partial charge in [0.05, 0.1) is 6.54 Å². The Morgan fingerprint density at radius 1 is 1.16 bits per heavy atom. The molecule has 0 unspecified atom stereocenters. The van der Waals surface area contributed by atoms with Crippen molar-refractivity contribution in [3.05, 3.63) is 35.6 Å². The Kier molecular flexibility index (Phi) is 3.78. The third kappa shape index (κ3) is 3.11. The largest absolute Gasteiger partial charge is 0.359 e. The first-order valence-corrected chi connectivity index (χ1v) is 7.94. The molecule has 0 aromatic heterocycles. The molecule has 0 bridgehead atoms. The fourth-order valence-electron chi connectivity index (χ4n) is 2.84. The number of halogens is 1. The second-order valence-corrected chi connectivity index (χ2v) is 6.47. The van der Waals surface area contributed by atoms with E-state index in [0.29, 0.717) is 12.1 Å². The lowest BCUT2D eigenvalue weighted by Gasteiger charge is -2.32. The molecule has 1 spiro atoms. The molecule has 1 saturated carbocycles. The molecule has 1 saturated heterocycles. The molecule has 1 aliphatic heterocycles. The van der Waals surface area contributed by atoms with E-state index < -0.39 is 0 Å². The third-order valence-corrected chi connectivity index (χ3v) is 5.19. The van der Waals surface area contributed by atoms with Gasteiger partial charge in [0.1, 0.15) is 5.82 Å². The van der Waals surface area contributed by atoms with Gasteiger partial charge in [-0.2, -0.15) is 0 Å². The molecule has 0 atom stereocenters.